The van der Waals surface area contributed by atoms with Crippen molar-refractivity contribution < 1.29 is 13.2 Å². The van der Waals surface area contributed by atoms with Gasteiger partial charge >= 0.3 is 0 Å². The zero-order chi connectivity index (χ0) is 22.8. The summed E-state index contributed by atoms with van der Waals surface area (Å²) in [5, 5.41) is 2.85. The molecule has 0 unspecified atom stereocenters. The van der Waals surface area contributed by atoms with Crippen molar-refractivity contribution in [2.45, 2.75) is 39.5 Å². The smallest absolute Gasteiger partial charge is 0.264 e. The standard InChI is InChI=1S/C25H28N2O3S/c1-17-7-10-23(11-8-17)31(29,30)27(24-15-18(2)6-9-21(24)5)16-25(28)26-22-13-19(3)12-20(4)14-22/h6-15H,16H2,1-5H3,(H,26,28). The van der Waals surface area contributed by atoms with Gasteiger partial charge in [0.25, 0.3) is 10.0 Å². The predicted octanol–water partition coefficient (Wildman–Crippen LogP) is 5.06. The molecule has 0 spiro atoms. The Morgan fingerprint density at radius 3 is 1.97 bits per heavy atom. The normalized spacial score (nSPS) is 11.3. The number of hydrogen-bond donors (Lipinski definition) is 1. The summed E-state index contributed by atoms with van der Waals surface area (Å²) in [6, 6.07) is 18.0. The molecule has 31 heavy (non-hydrogen) atoms. The second-order valence-electron chi connectivity index (χ2n) is 8.04. The summed E-state index contributed by atoms with van der Waals surface area (Å²) in [4.78, 5) is 13.1. The van der Waals surface area contributed by atoms with Crippen LogP contribution in [0.4, 0.5) is 11.4 Å². The van der Waals surface area contributed by atoms with Crippen LogP contribution in [-0.4, -0.2) is 20.9 Å². The maximum atomic E-state index is 13.5. The quantitative estimate of drug-likeness (QED) is 0.587. The van der Waals surface area contributed by atoms with E-state index in [2.05, 4.69) is 5.32 Å². The van der Waals surface area contributed by atoms with Gasteiger partial charge in [0, 0.05) is 5.69 Å². The first kappa shape index (κ1) is 22.6. The monoisotopic (exact) mass is 436 g/mol. The lowest BCUT2D eigenvalue weighted by Gasteiger charge is -2.26. The van der Waals surface area contributed by atoms with Crippen LogP contribution in [0.5, 0.6) is 0 Å². The molecule has 3 aromatic rings. The number of rotatable bonds is 6. The average Bonchev–Trinajstić information content (AvgIpc) is 2.67. The predicted molar refractivity (Wildman–Crippen MR) is 126 cm³/mol. The summed E-state index contributed by atoms with van der Waals surface area (Å²) in [7, 11) is -3.94. The Labute approximate surface area is 184 Å². The van der Waals surface area contributed by atoms with Gasteiger partial charge in [0.15, 0.2) is 0 Å². The molecule has 0 saturated carbocycles. The van der Waals surface area contributed by atoms with E-state index in [9.17, 15) is 13.2 Å². The van der Waals surface area contributed by atoms with Crippen LogP contribution in [0.15, 0.2) is 65.6 Å². The van der Waals surface area contributed by atoms with Crippen molar-refractivity contribution in [1.82, 2.24) is 0 Å². The van der Waals surface area contributed by atoms with Gasteiger partial charge < -0.3 is 5.32 Å². The Hall–Kier alpha value is -3.12. The van der Waals surface area contributed by atoms with Crippen LogP contribution in [0.3, 0.4) is 0 Å². The molecule has 0 aliphatic carbocycles. The maximum absolute atomic E-state index is 13.5. The van der Waals surface area contributed by atoms with Gasteiger partial charge in [-0.3, -0.25) is 9.10 Å². The number of aryl methyl sites for hydroxylation is 5. The number of benzene rings is 3. The van der Waals surface area contributed by atoms with Gasteiger partial charge in [0.1, 0.15) is 6.54 Å². The Bertz CT molecular complexity index is 1200. The van der Waals surface area contributed by atoms with E-state index in [0.717, 1.165) is 27.8 Å². The summed E-state index contributed by atoms with van der Waals surface area (Å²) >= 11 is 0. The first-order valence-electron chi connectivity index (χ1n) is 10.1. The molecule has 5 nitrogen and oxygen atoms in total. The largest absolute Gasteiger partial charge is 0.324 e. The molecule has 0 heterocycles. The highest BCUT2D eigenvalue weighted by Crippen LogP contribution is 2.28. The van der Waals surface area contributed by atoms with E-state index in [1.54, 1.807) is 30.3 Å². The van der Waals surface area contributed by atoms with E-state index in [-0.39, 0.29) is 11.4 Å². The number of amides is 1. The van der Waals surface area contributed by atoms with Crippen molar-refractivity contribution in [1.29, 1.82) is 0 Å². The summed E-state index contributed by atoms with van der Waals surface area (Å²) in [6.45, 7) is 9.22. The molecule has 0 saturated heterocycles. The molecule has 0 aliphatic rings. The van der Waals surface area contributed by atoms with Crippen LogP contribution in [0.2, 0.25) is 0 Å². The minimum absolute atomic E-state index is 0.151. The van der Waals surface area contributed by atoms with E-state index in [1.807, 2.05) is 65.0 Å². The number of anilines is 2. The van der Waals surface area contributed by atoms with Gasteiger partial charge in [-0.25, -0.2) is 8.42 Å². The van der Waals surface area contributed by atoms with E-state index in [4.69, 9.17) is 0 Å². The summed E-state index contributed by atoms with van der Waals surface area (Å²) in [5.41, 5.74) is 5.85. The molecular formula is C25H28N2O3S. The van der Waals surface area contributed by atoms with Gasteiger partial charge in [0.05, 0.1) is 10.6 Å². The minimum atomic E-state index is -3.94. The first-order valence-corrected chi connectivity index (χ1v) is 11.5. The highest BCUT2D eigenvalue weighted by atomic mass is 32.2. The molecule has 6 heteroatoms. The fourth-order valence-corrected chi connectivity index (χ4v) is 4.98. The third-order valence-corrected chi connectivity index (χ3v) is 6.81. The molecule has 3 aromatic carbocycles. The van der Waals surface area contributed by atoms with Crippen LogP contribution < -0.4 is 9.62 Å². The molecule has 0 radical (unpaired) electrons. The lowest BCUT2D eigenvalue weighted by atomic mass is 10.1. The number of sulfonamides is 1. The van der Waals surface area contributed by atoms with Crippen molar-refractivity contribution >= 4 is 27.3 Å². The van der Waals surface area contributed by atoms with Gasteiger partial charge in [0.2, 0.25) is 5.91 Å². The molecule has 0 bridgehead atoms. The van der Waals surface area contributed by atoms with Gasteiger partial charge in [-0.1, -0.05) is 35.9 Å². The Morgan fingerprint density at radius 2 is 1.35 bits per heavy atom. The molecule has 1 N–H and O–H groups in total. The molecule has 0 aromatic heterocycles. The highest BCUT2D eigenvalue weighted by molar-refractivity contribution is 7.92. The topological polar surface area (TPSA) is 66.5 Å². The molecule has 162 valence electrons. The van der Waals surface area contributed by atoms with Crippen LogP contribution in [0.25, 0.3) is 0 Å². The number of carbonyl (C=O) groups excluding carboxylic acids is 1. The van der Waals surface area contributed by atoms with Crippen molar-refractivity contribution in [3.63, 3.8) is 0 Å². The Morgan fingerprint density at radius 1 is 0.774 bits per heavy atom. The van der Waals surface area contributed by atoms with Gasteiger partial charge in [-0.2, -0.15) is 0 Å². The number of nitrogens with zero attached hydrogens (tertiary/aromatic N) is 1. The van der Waals surface area contributed by atoms with Gasteiger partial charge in [-0.15, -0.1) is 0 Å². The average molecular weight is 437 g/mol. The highest BCUT2D eigenvalue weighted by Gasteiger charge is 2.28. The van der Waals surface area contributed by atoms with Crippen LogP contribution in [0, 0.1) is 34.6 Å². The molecule has 3 rings (SSSR count). The summed E-state index contributed by atoms with van der Waals surface area (Å²) < 4.78 is 28.3. The molecule has 0 fully saturated rings. The summed E-state index contributed by atoms with van der Waals surface area (Å²) in [5.74, 6) is -0.401. The number of hydrogen-bond acceptors (Lipinski definition) is 3. The fraction of sp³-hybridized carbons (Fsp3) is 0.240. The number of nitrogens with one attached hydrogen (secondary N) is 1. The van der Waals surface area contributed by atoms with E-state index in [1.165, 1.54) is 4.31 Å². The zero-order valence-corrected chi connectivity index (χ0v) is 19.4. The Kier molecular flexibility index (Phi) is 6.51. The zero-order valence-electron chi connectivity index (χ0n) is 18.6. The minimum Gasteiger partial charge on any atom is -0.324 e. The van der Waals surface area contributed by atoms with Crippen molar-refractivity contribution in [2.24, 2.45) is 0 Å². The summed E-state index contributed by atoms with van der Waals surface area (Å²) in [6.07, 6.45) is 0. The maximum Gasteiger partial charge on any atom is 0.264 e. The number of carbonyl (C=O) groups is 1. The van der Waals surface area contributed by atoms with E-state index in [0.29, 0.717) is 11.4 Å². The van der Waals surface area contributed by atoms with Crippen molar-refractivity contribution in [3.05, 3.63) is 88.5 Å². The van der Waals surface area contributed by atoms with Crippen molar-refractivity contribution in [2.75, 3.05) is 16.2 Å². The van der Waals surface area contributed by atoms with E-state index < -0.39 is 15.9 Å². The molecule has 0 aliphatic heterocycles. The second-order valence-corrected chi connectivity index (χ2v) is 9.90. The second kappa shape index (κ2) is 8.94. The molecular weight excluding hydrogens is 408 g/mol. The Balaban J connectivity index is 2.00. The first-order chi connectivity index (χ1) is 14.6. The van der Waals surface area contributed by atoms with Crippen molar-refractivity contribution in [3.8, 4) is 0 Å². The van der Waals surface area contributed by atoms with Gasteiger partial charge in [-0.05, 0) is 87.2 Å². The third kappa shape index (κ3) is 5.33. The van der Waals surface area contributed by atoms with Crippen LogP contribution >= 0.6 is 0 Å². The van der Waals surface area contributed by atoms with Crippen LogP contribution in [0.1, 0.15) is 27.8 Å². The lowest BCUT2D eigenvalue weighted by Crippen LogP contribution is -2.38. The van der Waals surface area contributed by atoms with Crippen LogP contribution in [-0.2, 0) is 14.8 Å². The lowest BCUT2D eigenvalue weighted by molar-refractivity contribution is -0.114. The van der Waals surface area contributed by atoms with E-state index >= 15 is 0 Å². The third-order valence-electron chi connectivity index (χ3n) is 5.03. The molecule has 0 atom stereocenters. The fourth-order valence-electron chi connectivity index (χ4n) is 3.50. The molecule has 1 amide bonds. The SMILES string of the molecule is Cc1ccc(S(=O)(=O)N(CC(=O)Nc2cc(C)cc(C)c2)c2cc(C)ccc2C)cc1.